The van der Waals surface area contributed by atoms with Crippen molar-refractivity contribution >= 4 is 0 Å². The molecule has 0 spiro atoms. The zero-order chi connectivity index (χ0) is 9.94. The fourth-order valence-corrected chi connectivity index (χ4v) is 1.20. The van der Waals surface area contributed by atoms with Gasteiger partial charge in [0.2, 0.25) is 0 Å². The summed E-state index contributed by atoms with van der Waals surface area (Å²) < 4.78 is 5.57. The van der Waals surface area contributed by atoms with Gasteiger partial charge in [0, 0.05) is 13.2 Å². The zero-order valence-electron chi connectivity index (χ0n) is 9.01. The maximum absolute atomic E-state index is 5.57. The Hall–Kier alpha value is -0.340. The molecule has 0 aromatic rings. The zero-order valence-corrected chi connectivity index (χ0v) is 9.01. The van der Waals surface area contributed by atoms with Gasteiger partial charge in [-0.15, -0.1) is 6.58 Å². The van der Waals surface area contributed by atoms with Crippen LogP contribution in [0.1, 0.15) is 32.6 Å². The molecule has 2 nitrogen and oxygen atoms in total. The number of allylic oxidation sites excluding steroid dienone is 1. The topological polar surface area (TPSA) is 21.3 Å². The third kappa shape index (κ3) is 9.57. The van der Waals surface area contributed by atoms with Gasteiger partial charge in [-0.1, -0.05) is 12.5 Å². The SMILES string of the molecule is C=CCCCCCOC(C)CNC. The highest BCUT2D eigenvalue weighted by Gasteiger charge is 1.98. The predicted octanol–water partition coefficient (Wildman–Crippen LogP) is 2.36. The van der Waals surface area contributed by atoms with Crippen molar-refractivity contribution in [2.75, 3.05) is 20.2 Å². The molecule has 0 fully saturated rings. The van der Waals surface area contributed by atoms with E-state index in [0.29, 0.717) is 6.10 Å². The highest BCUT2D eigenvalue weighted by molar-refractivity contribution is 4.65. The number of unbranched alkanes of at least 4 members (excludes halogenated alkanes) is 3. The van der Waals surface area contributed by atoms with Crippen LogP contribution in [0.3, 0.4) is 0 Å². The molecular weight excluding hydrogens is 162 g/mol. The maximum atomic E-state index is 5.57. The van der Waals surface area contributed by atoms with E-state index >= 15 is 0 Å². The first-order chi connectivity index (χ1) is 6.31. The molecule has 0 amide bonds. The third-order valence-corrected chi connectivity index (χ3v) is 1.95. The highest BCUT2D eigenvalue weighted by Crippen LogP contribution is 2.01. The van der Waals surface area contributed by atoms with Gasteiger partial charge >= 0.3 is 0 Å². The molecule has 0 aromatic carbocycles. The molecule has 0 aliphatic heterocycles. The van der Waals surface area contributed by atoms with E-state index in [4.69, 9.17) is 4.74 Å². The number of rotatable bonds is 9. The molecule has 2 heteroatoms. The Morgan fingerprint density at radius 1 is 1.38 bits per heavy atom. The first kappa shape index (κ1) is 12.7. The lowest BCUT2D eigenvalue weighted by molar-refractivity contribution is 0.0644. The Morgan fingerprint density at radius 2 is 2.15 bits per heavy atom. The van der Waals surface area contributed by atoms with Crippen LogP contribution in [0.5, 0.6) is 0 Å². The van der Waals surface area contributed by atoms with Crippen LogP contribution in [0.2, 0.25) is 0 Å². The van der Waals surface area contributed by atoms with E-state index < -0.39 is 0 Å². The second-order valence-electron chi connectivity index (χ2n) is 3.38. The highest BCUT2D eigenvalue weighted by atomic mass is 16.5. The fraction of sp³-hybridized carbons (Fsp3) is 0.818. The van der Waals surface area contributed by atoms with Crippen molar-refractivity contribution in [3.63, 3.8) is 0 Å². The molecule has 0 heterocycles. The van der Waals surface area contributed by atoms with Crippen LogP contribution in [0.25, 0.3) is 0 Å². The van der Waals surface area contributed by atoms with Gasteiger partial charge in [0.15, 0.2) is 0 Å². The van der Waals surface area contributed by atoms with Crippen LogP contribution < -0.4 is 5.32 Å². The molecule has 1 unspecified atom stereocenters. The van der Waals surface area contributed by atoms with E-state index in [1.54, 1.807) is 0 Å². The summed E-state index contributed by atoms with van der Waals surface area (Å²) in [5, 5.41) is 3.09. The number of nitrogens with one attached hydrogen (secondary N) is 1. The standard InChI is InChI=1S/C11H23NO/c1-4-5-6-7-8-9-13-11(2)10-12-3/h4,11-12H,1,5-10H2,2-3H3. The van der Waals surface area contributed by atoms with Gasteiger partial charge < -0.3 is 10.1 Å². The Balaban J connectivity index is 3.01. The molecule has 1 atom stereocenters. The fourth-order valence-electron chi connectivity index (χ4n) is 1.20. The average molecular weight is 185 g/mol. The summed E-state index contributed by atoms with van der Waals surface area (Å²) in [6, 6.07) is 0. The van der Waals surface area contributed by atoms with Crippen LogP contribution in [-0.4, -0.2) is 26.3 Å². The van der Waals surface area contributed by atoms with Crippen molar-refractivity contribution < 1.29 is 4.74 Å². The molecule has 0 bridgehead atoms. The Bertz CT molecular complexity index is 115. The Morgan fingerprint density at radius 3 is 2.77 bits per heavy atom. The summed E-state index contributed by atoms with van der Waals surface area (Å²) >= 11 is 0. The largest absolute Gasteiger partial charge is 0.377 e. The number of hydrogen-bond acceptors (Lipinski definition) is 2. The predicted molar refractivity (Wildman–Crippen MR) is 58.0 cm³/mol. The summed E-state index contributed by atoms with van der Waals surface area (Å²) in [4.78, 5) is 0. The quantitative estimate of drug-likeness (QED) is 0.440. The van der Waals surface area contributed by atoms with E-state index in [9.17, 15) is 0 Å². The molecule has 1 N–H and O–H groups in total. The summed E-state index contributed by atoms with van der Waals surface area (Å²) in [5.74, 6) is 0. The maximum Gasteiger partial charge on any atom is 0.0671 e. The van der Waals surface area contributed by atoms with Gasteiger partial charge in [-0.25, -0.2) is 0 Å². The number of ether oxygens (including phenoxy) is 1. The average Bonchev–Trinajstić information content (AvgIpc) is 2.11. The van der Waals surface area contributed by atoms with Crippen LogP contribution >= 0.6 is 0 Å². The van der Waals surface area contributed by atoms with Gasteiger partial charge in [0.25, 0.3) is 0 Å². The summed E-state index contributed by atoms with van der Waals surface area (Å²) in [5.41, 5.74) is 0. The minimum Gasteiger partial charge on any atom is -0.377 e. The first-order valence-electron chi connectivity index (χ1n) is 5.18. The smallest absolute Gasteiger partial charge is 0.0671 e. The summed E-state index contributed by atoms with van der Waals surface area (Å²) in [6.45, 7) is 7.62. The lowest BCUT2D eigenvalue weighted by Crippen LogP contribution is -2.23. The van der Waals surface area contributed by atoms with Crippen molar-refractivity contribution in [3.05, 3.63) is 12.7 Å². The molecular formula is C11H23NO. The van der Waals surface area contributed by atoms with E-state index in [1.807, 2.05) is 13.1 Å². The van der Waals surface area contributed by atoms with Gasteiger partial charge in [-0.2, -0.15) is 0 Å². The second-order valence-corrected chi connectivity index (χ2v) is 3.38. The lowest BCUT2D eigenvalue weighted by atomic mass is 10.2. The van der Waals surface area contributed by atoms with Gasteiger partial charge in [-0.3, -0.25) is 0 Å². The van der Waals surface area contributed by atoms with E-state index in [1.165, 1.54) is 19.3 Å². The van der Waals surface area contributed by atoms with Gasteiger partial charge in [0.05, 0.1) is 6.10 Å². The van der Waals surface area contributed by atoms with Crippen molar-refractivity contribution in [1.82, 2.24) is 5.32 Å². The van der Waals surface area contributed by atoms with Crippen molar-refractivity contribution in [2.45, 2.75) is 38.7 Å². The number of likely N-dealkylation sites (N-methyl/N-ethyl adjacent to an activating group) is 1. The molecule has 0 aromatic heterocycles. The molecule has 13 heavy (non-hydrogen) atoms. The van der Waals surface area contributed by atoms with Crippen molar-refractivity contribution in [2.24, 2.45) is 0 Å². The van der Waals surface area contributed by atoms with Crippen molar-refractivity contribution in [3.8, 4) is 0 Å². The lowest BCUT2D eigenvalue weighted by Gasteiger charge is -2.11. The normalized spacial score (nSPS) is 12.8. The molecule has 78 valence electrons. The molecule has 0 aliphatic rings. The van der Waals surface area contributed by atoms with Crippen LogP contribution in [0.15, 0.2) is 12.7 Å². The van der Waals surface area contributed by atoms with Crippen LogP contribution in [0.4, 0.5) is 0 Å². The van der Waals surface area contributed by atoms with Crippen LogP contribution in [0, 0.1) is 0 Å². The third-order valence-electron chi connectivity index (χ3n) is 1.95. The minimum atomic E-state index is 0.337. The van der Waals surface area contributed by atoms with Crippen LogP contribution in [-0.2, 0) is 4.74 Å². The van der Waals surface area contributed by atoms with E-state index in [-0.39, 0.29) is 0 Å². The molecule has 0 saturated carbocycles. The Kier molecular flexibility index (Phi) is 9.49. The monoisotopic (exact) mass is 185 g/mol. The second kappa shape index (κ2) is 9.75. The summed E-state index contributed by atoms with van der Waals surface area (Å²) in [6.07, 6.45) is 7.11. The van der Waals surface area contributed by atoms with Gasteiger partial charge in [0.1, 0.15) is 0 Å². The molecule has 0 aliphatic carbocycles. The molecule has 0 radical (unpaired) electrons. The number of hydrogen-bond donors (Lipinski definition) is 1. The minimum absolute atomic E-state index is 0.337. The van der Waals surface area contributed by atoms with Crippen molar-refractivity contribution in [1.29, 1.82) is 0 Å². The summed E-state index contributed by atoms with van der Waals surface area (Å²) in [7, 11) is 1.95. The Labute approximate surface area is 82.4 Å². The van der Waals surface area contributed by atoms with Gasteiger partial charge in [-0.05, 0) is 33.2 Å². The van der Waals surface area contributed by atoms with E-state index in [0.717, 1.165) is 19.6 Å². The molecule has 0 rings (SSSR count). The first-order valence-corrected chi connectivity index (χ1v) is 5.18. The van der Waals surface area contributed by atoms with E-state index in [2.05, 4.69) is 18.8 Å². The molecule has 0 saturated heterocycles.